The van der Waals surface area contributed by atoms with Gasteiger partial charge in [-0.25, -0.2) is 4.98 Å². The third-order valence-electron chi connectivity index (χ3n) is 6.00. The second-order valence-electron chi connectivity index (χ2n) is 8.26. The zero-order valence-corrected chi connectivity index (χ0v) is 18.9. The maximum atomic E-state index is 12.9. The Kier molecular flexibility index (Phi) is 5.79. The number of benzene rings is 1. The van der Waals surface area contributed by atoms with Crippen molar-refractivity contribution in [3.8, 4) is 0 Å². The lowest BCUT2D eigenvalue weighted by Gasteiger charge is -2.34. The van der Waals surface area contributed by atoms with E-state index in [1.165, 1.54) is 6.20 Å². The molecule has 6 nitrogen and oxygen atoms in total. The van der Waals surface area contributed by atoms with Crippen LogP contribution in [0.5, 0.6) is 0 Å². The average molecular weight is 447 g/mol. The Labute approximate surface area is 183 Å². The van der Waals surface area contributed by atoms with Crippen LogP contribution in [-0.2, 0) is 10.0 Å². The first-order valence-electron chi connectivity index (χ1n) is 10.2. The Balaban J connectivity index is 1.48. The maximum absolute atomic E-state index is 12.9. The summed E-state index contributed by atoms with van der Waals surface area (Å²) in [6.07, 6.45) is 4.60. The molecule has 160 valence electrons. The Hall–Kier alpha value is -2.09. The van der Waals surface area contributed by atoms with E-state index in [9.17, 15) is 8.42 Å². The van der Waals surface area contributed by atoms with Crippen LogP contribution in [0.1, 0.15) is 31.7 Å². The molecule has 0 aliphatic carbocycles. The fraction of sp³-hybridized carbons (Fsp3) is 0.409. The van der Waals surface area contributed by atoms with Crippen molar-refractivity contribution in [2.45, 2.75) is 43.2 Å². The van der Waals surface area contributed by atoms with Crippen molar-refractivity contribution < 1.29 is 8.42 Å². The normalized spacial score (nSPS) is 21.4. The molecule has 4 rings (SSSR count). The lowest BCUT2D eigenvalue weighted by atomic mass is 10.0. The summed E-state index contributed by atoms with van der Waals surface area (Å²) in [5, 5.41) is 0. The van der Waals surface area contributed by atoms with Gasteiger partial charge >= 0.3 is 0 Å². The van der Waals surface area contributed by atoms with Crippen LogP contribution in [0, 0.1) is 0 Å². The van der Waals surface area contributed by atoms with E-state index in [0.717, 1.165) is 41.3 Å². The first kappa shape index (κ1) is 21.2. The zero-order valence-electron chi connectivity index (χ0n) is 17.3. The summed E-state index contributed by atoms with van der Waals surface area (Å²) in [6.45, 7) is 10.8. The van der Waals surface area contributed by atoms with Crippen LogP contribution >= 0.6 is 11.8 Å². The standard InChI is InChI=1S/C22H27ClN4O2S/c1-4-11-25-14-20-12-19(25)15-26(20)22-10-7-18(13-24-22)27(23)30(28,29)21-8-5-17(6-9-21)16(2)3/h4-10,13,16,19-20H,1,11-12,14-15H2,2-3H3. The van der Waals surface area contributed by atoms with Crippen molar-refractivity contribution in [2.75, 3.05) is 28.4 Å². The molecule has 2 fully saturated rings. The molecular weight excluding hydrogens is 420 g/mol. The number of rotatable bonds is 7. The van der Waals surface area contributed by atoms with E-state index >= 15 is 0 Å². The van der Waals surface area contributed by atoms with Gasteiger partial charge in [-0.2, -0.15) is 12.2 Å². The van der Waals surface area contributed by atoms with Gasteiger partial charge in [0.25, 0.3) is 10.0 Å². The van der Waals surface area contributed by atoms with Crippen molar-refractivity contribution in [2.24, 2.45) is 0 Å². The van der Waals surface area contributed by atoms with Crippen LogP contribution in [0.15, 0.2) is 60.1 Å². The Morgan fingerprint density at radius 1 is 1.20 bits per heavy atom. The summed E-state index contributed by atoms with van der Waals surface area (Å²) >= 11 is 6.24. The monoisotopic (exact) mass is 446 g/mol. The van der Waals surface area contributed by atoms with Gasteiger partial charge in [-0.3, -0.25) is 4.90 Å². The minimum Gasteiger partial charge on any atom is -0.351 e. The molecule has 2 atom stereocenters. The van der Waals surface area contributed by atoms with Crippen LogP contribution in [0.3, 0.4) is 0 Å². The van der Waals surface area contributed by atoms with Crippen LogP contribution in [0.25, 0.3) is 0 Å². The highest BCUT2D eigenvalue weighted by atomic mass is 35.5. The second-order valence-corrected chi connectivity index (χ2v) is 10.6. The number of fused-ring (bicyclic) bond motifs is 2. The summed E-state index contributed by atoms with van der Waals surface area (Å²) in [5.41, 5.74) is 1.40. The first-order valence-corrected chi connectivity index (χ1v) is 12.0. The highest BCUT2D eigenvalue weighted by Crippen LogP contribution is 2.34. The summed E-state index contributed by atoms with van der Waals surface area (Å²) in [7, 11) is -3.86. The molecule has 0 spiro atoms. The van der Waals surface area contributed by atoms with Gasteiger partial charge in [-0.1, -0.05) is 32.1 Å². The van der Waals surface area contributed by atoms with Crippen molar-refractivity contribution in [3.63, 3.8) is 0 Å². The van der Waals surface area contributed by atoms with Crippen molar-refractivity contribution in [3.05, 3.63) is 60.8 Å². The SMILES string of the molecule is C=CCN1CC2CC1CN2c1ccc(N(Cl)S(=O)(=O)c2ccc(C(C)C)cc2)cn1. The van der Waals surface area contributed by atoms with E-state index in [1.54, 1.807) is 18.2 Å². The van der Waals surface area contributed by atoms with Gasteiger partial charge in [0.1, 0.15) is 5.82 Å². The number of sulfonamides is 1. The molecule has 3 heterocycles. The molecule has 2 aliphatic rings. The lowest BCUT2D eigenvalue weighted by Crippen LogP contribution is -2.46. The topological polar surface area (TPSA) is 56.8 Å². The summed E-state index contributed by atoms with van der Waals surface area (Å²) in [6, 6.07) is 11.3. The third kappa shape index (κ3) is 3.82. The van der Waals surface area contributed by atoms with E-state index < -0.39 is 10.0 Å². The number of hydrogen-bond donors (Lipinski definition) is 0. The molecule has 2 saturated heterocycles. The molecule has 0 amide bonds. The summed E-state index contributed by atoms with van der Waals surface area (Å²) in [5.74, 6) is 1.18. The lowest BCUT2D eigenvalue weighted by molar-refractivity contribution is 0.264. The Bertz CT molecular complexity index is 1010. The summed E-state index contributed by atoms with van der Waals surface area (Å²) < 4.78 is 26.6. The molecule has 0 radical (unpaired) electrons. The van der Waals surface area contributed by atoms with Crippen LogP contribution < -0.4 is 8.72 Å². The average Bonchev–Trinajstić information content (AvgIpc) is 3.34. The van der Waals surface area contributed by atoms with Gasteiger partial charge < -0.3 is 4.90 Å². The molecule has 0 saturated carbocycles. The van der Waals surface area contributed by atoms with Gasteiger partial charge in [0.2, 0.25) is 0 Å². The van der Waals surface area contributed by atoms with E-state index in [2.05, 4.69) is 35.2 Å². The number of pyridine rings is 1. The predicted molar refractivity (Wildman–Crippen MR) is 122 cm³/mol. The zero-order chi connectivity index (χ0) is 21.5. The smallest absolute Gasteiger partial charge is 0.278 e. The fourth-order valence-corrected chi connectivity index (χ4v) is 5.72. The molecule has 1 aromatic carbocycles. The highest BCUT2D eigenvalue weighted by molar-refractivity contribution is 7.94. The van der Waals surface area contributed by atoms with E-state index in [0.29, 0.717) is 23.7 Å². The first-order chi connectivity index (χ1) is 14.3. The van der Waals surface area contributed by atoms with Crippen LogP contribution in [0.4, 0.5) is 11.5 Å². The number of aromatic nitrogens is 1. The van der Waals surface area contributed by atoms with Gasteiger partial charge in [-0.05, 0) is 42.2 Å². The van der Waals surface area contributed by atoms with Crippen LogP contribution in [-0.4, -0.2) is 50.0 Å². The van der Waals surface area contributed by atoms with E-state index in [4.69, 9.17) is 11.8 Å². The molecular formula is C22H27ClN4O2S. The quantitative estimate of drug-likeness (QED) is 0.475. The number of halogens is 1. The molecule has 30 heavy (non-hydrogen) atoms. The molecule has 8 heteroatoms. The highest BCUT2D eigenvalue weighted by Gasteiger charge is 2.43. The minimum atomic E-state index is -3.86. The Morgan fingerprint density at radius 3 is 2.47 bits per heavy atom. The van der Waals surface area contributed by atoms with Crippen molar-refractivity contribution in [1.29, 1.82) is 0 Å². The molecule has 2 bridgehead atoms. The van der Waals surface area contributed by atoms with E-state index in [-0.39, 0.29) is 4.90 Å². The summed E-state index contributed by atoms with van der Waals surface area (Å²) in [4.78, 5) is 9.41. The molecule has 2 aromatic rings. The fourth-order valence-electron chi connectivity index (χ4n) is 4.33. The Morgan fingerprint density at radius 2 is 1.93 bits per heavy atom. The number of hydrogen-bond acceptors (Lipinski definition) is 5. The largest absolute Gasteiger partial charge is 0.351 e. The third-order valence-corrected chi connectivity index (χ3v) is 8.24. The van der Waals surface area contributed by atoms with Crippen molar-refractivity contribution in [1.82, 2.24) is 9.88 Å². The molecule has 0 N–H and O–H groups in total. The molecule has 2 aliphatic heterocycles. The number of piperazine rings is 1. The predicted octanol–water partition coefficient (Wildman–Crippen LogP) is 4.00. The maximum Gasteiger partial charge on any atom is 0.278 e. The van der Waals surface area contributed by atoms with Gasteiger partial charge in [0.15, 0.2) is 0 Å². The number of anilines is 2. The van der Waals surface area contributed by atoms with Gasteiger partial charge in [0, 0.05) is 43.5 Å². The number of likely N-dealkylation sites (tertiary alicyclic amines) is 1. The molecule has 1 aromatic heterocycles. The van der Waals surface area contributed by atoms with Crippen LogP contribution in [0.2, 0.25) is 0 Å². The van der Waals surface area contributed by atoms with Gasteiger partial charge in [-0.15, -0.1) is 6.58 Å². The second kappa shape index (κ2) is 8.21. The minimum absolute atomic E-state index is 0.158. The van der Waals surface area contributed by atoms with E-state index in [1.807, 2.05) is 24.3 Å². The van der Waals surface area contributed by atoms with Crippen molar-refractivity contribution >= 4 is 33.3 Å². The number of nitrogens with zero attached hydrogens (tertiary/aromatic N) is 4. The van der Waals surface area contributed by atoms with Gasteiger partial charge in [0.05, 0.1) is 16.8 Å². The molecule has 2 unspecified atom stereocenters.